The van der Waals surface area contributed by atoms with Crippen LogP contribution in [0.4, 0.5) is 11.4 Å². The highest BCUT2D eigenvalue weighted by Crippen LogP contribution is 2.35. The molecule has 0 fully saturated rings. The van der Waals surface area contributed by atoms with Crippen molar-refractivity contribution in [2.75, 3.05) is 11.5 Å². The van der Waals surface area contributed by atoms with E-state index in [1.807, 2.05) is 0 Å². The molecule has 0 heterocycles. The fourth-order valence-electron chi connectivity index (χ4n) is 2.61. The highest BCUT2D eigenvalue weighted by Gasteiger charge is 2.34. The predicted octanol–water partition coefficient (Wildman–Crippen LogP) is 1.25. The molecule has 3 rings (SSSR count). The number of nitrogen functional groups attached to an aromatic ring is 2. The van der Waals surface area contributed by atoms with Crippen molar-refractivity contribution >= 4 is 35.5 Å². The summed E-state index contributed by atoms with van der Waals surface area (Å²) in [5.74, 6) is -0.982. The standard InChI is InChI=1S/C16H10N2O4/c17-13-7(5-19)1-3-9-11(13)16(22)10-4-2-8(6-20)14(18)12(10)15(9)21/h1-6H,17-18H2. The number of nitrogens with two attached hydrogens (primary N) is 2. The van der Waals surface area contributed by atoms with Crippen LogP contribution in [-0.2, 0) is 0 Å². The van der Waals surface area contributed by atoms with Crippen LogP contribution in [0.3, 0.4) is 0 Å². The molecule has 0 amide bonds. The molecule has 0 radical (unpaired) electrons. The molecule has 0 saturated carbocycles. The van der Waals surface area contributed by atoms with Gasteiger partial charge in [0.1, 0.15) is 0 Å². The fourth-order valence-corrected chi connectivity index (χ4v) is 2.61. The molecule has 0 bridgehead atoms. The van der Waals surface area contributed by atoms with E-state index in [0.717, 1.165) is 0 Å². The third-order valence-electron chi connectivity index (χ3n) is 3.76. The summed E-state index contributed by atoms with van der Waals surface area (Å²) >= 11 is 0. The first kappa shape index (κ1) is 13.7. The molecule has 4 N–H and O–H groups in total. The molecular formula is C16H10N2O4. The number of aldehydes is 2. The number of carbonyl (C=O) groups is 4. The van der Waals surface area contributed by atoms with Gasteiger partial charge in [0.25, 0.3) is 0 Å². The summed E-state index contributed by atoms with van der Waals surface area (Å²) in [5.41, 5.74) is 12.0. The molecule has 0 unspecified atom stereocenters. The summed E-state index contributed by atoms with van der Waals surface area (Å²) < 4.78 is 0. The number of benzene rings is 2. The highest BCUT2D eigenvalue weighted by atomic mass is 16.1. The van der Waals surface area contributed by atoms with Crippen LogP contribution >= 0.6 is 0 Å². The van der Waals surface area contributed by atoms with E-state index in [9.17, 15) is 19.2 Å². The third kappa shape index (κ3) is 1.61. The Labute approximate surface area is 124 Å². The molecule has 1 aliphatic rings. The molecule has 0 spiro atoms. The SMILES string of the molecule is Nc1c(C=O)ccc2c1C(=O)c1ccc(C=O)c(N)c1C2=O. The molecule has 22 heavy (non-hydrogen) atoms. The van der Waals surface area contributed by atoms with Gasteiger partial charge in [-0.05, 0) is 24.3 Å². The van der Waals surface area contributed by atoms with E-state index in [1.165, 1.54) is 24.3 Å². The summed E-state index contributed by atoms with van der Waals surface area (Å²) in [6, 6.07) is 5.48. The van der Waals surface area contributed by atoms with Crippen LogP contribution < -0.4 is 11.5 Å². The lowest BCUT2D eigenvalue weighted by Crippen LogP contribution is -2.24. The lowest BCUT2D eigenvalue weighted by Gasteiger charge is -2.21. The van der Waals surface area contributed by atoms with Crippen LogP contribution in [0.5, 0.6) is 0 Å². The molecule has 0 aliphatic heterocycles. The highest BCUT2D eigenvalue weighted by molar-refractivity contribution is 6.32. The number of ketones is 2. The van der Waals surface area contributed by atoms with Crippen molar-refractivity contribution in [2.45, 2.75) is 0 Å². The Balaban J connectivity index is 2.37. The molecule has 0 atom stereocenters. The fraction of sp³-hybridized carbons (Fsp3) is 0. The lowest BCUT2D eigenvalue weighted by atomic mass is 9.81. The van der Waals surface area contributed by atoms with E-state index in [4.69, 9.17) is 11.5 Å². The first-order valence-electron chi connectivity index (χ1n) is 6.36. The largest absolute Gasteiger partial charge is 0.398 e. The number of hydrogen-bond donors (Lipinski definition) is 2. The monoisotopic (exact) mass is 294 g/mol. The minimum Gasteiger partial charge on any atom is -0.398 e. The van der Waals surface area contributed by atoms with E-state index in [-0.39, 0.29) is 44.8 Å². The number of rotatable bonds is 2. The average Bonchev–Trinajstić information content (AvgIpc) is 2.52. The molecule has 2 aromatic carbocycles. The Hall–Kier alpha value is -3.28. The van der Waals surface area contributed by atoms with Crippen molar-refractivity contribution in [3.63, 3.8) is 0 Å². The number of carbonyl (C=O) groups excluding carboxylic acids is 4. The van der Waals surface area contributed by atoms with Crippen LogP contribution in [0.25, 0.3) is 0 Å². The van der Waals surface area contributed by atoms with Crippen LogP contribution in [0.15, 0.2) is 24.3 Å². The van der Waals surface area contributed by atoms with Crippen LogP contribution in [0, 0.1) is 0 Å². The summed E-state index contributed by atoms with van der Waals surface area (Å²) in [7, 11) is 0. The zero-order valence-electron chi connectivity index (χ0n) is 11.3. The summed E-state index contributed by atoms with van der Waals surface area (Å²) in [5, 5.41) is 0. The Bertz CT molecular complexity index is 811. The van der Waals surface area contributed by atoms with E-state index >= 15 is 0 Å². The second-order valence-electron chi connectivity index (χ2n) is 4.88. The van der Waals surface area contributed by atoms with Gasteiger partial charge in [-0.1, -0.05) is 0 Å². The van der Waals surface area contributed by atoms with Gasteiger partial charge in [-0.3, -0.25) is 19.2 Å². The molecule has 108 valence electrons. The third-order valence-corrected chi connectivity index (χ3v) is 3.76. The van der Waals surface area contributed by atoms with E-state index in [0.29, 0.717) is 12.6 Å². The number of hydrogen-bond acceptors (Lipinski definition) is 6. The second kappa shape index (κ2) is 4.63. The van der Waals surface area contributed by atoms with Crippen molar-refractivity contribution in [2.24, 2.45) is 0 Å². The summed E-state index contributed by atoms with van der Waals surface area (Å²) in [6.45, 7) is 0. The first-order valence-corrected chi connectivity index (χ1v) is 6.36. The maximum Gasteiger partial charge on any atom is 0.196 e. The average molecular weight is 294 g/mol. The zero-order chi connectivity index (χ0) is 16.0. The predicted molar refractivity (Wildman–Crippen MR) is 79.3 cm³/mol. The van der Waals surface area contributed by atoms with Crippen molar-refractivity contribution in [3.05, 3.63) is 57.6 Å². The number of anilines is 2. The Morgan fingerprint density at radius 3 is 1.36 bits per heavy atom. The van der Waals surface area contributed by atoms with Crippen molar-refractivity contribution in [1.82, 2.24) is 0 Å². The minimum atomic E-state index is -0.491. The summed E-state index contributed by atoms with van der Waals surface area (Å²) in [4.78, 5) is 47.1. The molecule has 6 heteroatoms. The van der Waals surface area contributed by atoms with Gasteiger partial charge in [0, 0.05) is 22.3 Å². The van der Waals surface area contributed by atoms with Gasteiger partial charge in [-0.25, -0.2) is 0 Å². The van der Waals surface area contributed by atoms with E-state index in [1.54, 1.807) is 0 Å². The quantitative estimate of drug-likeness (QED) is 0.542. The number of fused-ring (bicyclic) bond motifs is 2. The smallest absolute Gasteiger partial charge is 0.196 e. The van der Waals surface area contributed by atoms with Crippen LogP contribution in [0.1, 0.15) is 52.6 Å². The topological polar surface area (TPSA) is 120 Å². The molecule has 0 saturated heterocycles. The van der Waals surface area contributed by atoms with Crippen molar-refractivity contribution in [3.8, 4) is 0 Å². The molecule has 0 aromatic heterocycles. The van der Waals surface area contributed by atoms with Crippen LogP contribution in [-0.4, -0.2) is 24.1 Å². The normalized spacial score (nSPS) is 12.5. The van der Waals surface area contributed by atoms with E-state index in [2.05, 4.69) is 0 Å². The van der Waals surface area contributed by atoms with Gasteiger partial charge >= 0.3 is 0 Å². The van der Waals surface area contributed by atoms with Gasteiger partial charge in [0.2, 0.25) is 0 Å². The molecule has 2 aromatic rings. The van der Waals surface area contributed by atoms with Crippen molar-refractivity contribution < 1.29 is 19.2 Å². The van der Waals surface area contributed by atoms with Gasteiger partial charge in [0.05, 0.1) is 22.5 Å². The van der Waals surface area contributed by atoms with Gasteiger partial charge in [0.15, 0.2) is 24.1 Å². The zero-order valence-corrected chi connectivity index (χ0v) is 11.3. The Morgan fingerprint density at radius 2 is 1.05 bits per heavy atom. The molecular weight excluding hydrogens is 284 g/mol. The minimum absolute atomic E-state index is 0.000327. The van der Waals surface area contributed by atoms with Gasteiger partial charge < -0.3 is 11.5 Å². The maximum absolute atomic E-state index is 12.6. The Kier molecular flexibility index (Phi) is 2.88. The summed E-state index contributed by atoms with van der Waals surface area (Å²) in [6.07, 6.45) is 1.04. The van der Waals surface area contributed by atoms with E-state index < -0.39 is 11.6 Å². The Morgan fingerprint density at radius 1 is 0.682 bits per heavy atom. The van der Waals surface area contributed by atoms with Gasteiger partial charge in [-0.2, -0.15) is 0 Å². The van der Waals surface area contributed by atoms with Gasteiger partial charge in [-0.15, -0.1) is 0 Å². The van der Waals surface area contributed by atoms with Crippen LogP contribution in [0.2, 0.25) is 0 Å². The maximum atomic E-state index is 12.6. The van der Waals surface area contributed by atoms with Crippen molar-refractivity contribution in [1.29, 1.82) is 0 Å². The molecule has 1 aliphatic carbocycles. The second-order valence-corrected chi connectivity index (χ2v) is 4.88. The molecule has 6 nitrogen and oxygen atoms in total. The first-order chi connectivity index (χ1) is 10.5. The lowest BCUT2D eigenvalue weighted by molar-refractivity contribution is 0.0980.